The van der Waals surface area contributed by atoms with Gasteiger partial charge >= 0.3 is 78.1 Å². The summed E-state index contributed by atoms with van der Waals surface area (Å²) in [5.74, 6) is 0. The molecule has 0 spiro atoms. The average molecular weight is 304 g/mol. The van der Waals surface area contributed by atoms with Crippen molar-refractivity contribution < 1.29 is 48.5 Å². The van der Waals surface area contributed by atoms with Gasteiger partial charge in [0.15, 0.2) is 0 Å². The number of hydrogen-bond donors (Lipinski definition) is 0. The van der Waals surface area contributed by atoms with Crippen LogP contribution in [0.3, 0.4) is 0 Å². The van der Waals surface area contributed by atoms with Crippen molar-refractivity contribution in [1.82, 2.24) is 0 Å². The zero-order chi connectivity index (χ0) is 9.19. The van der Waals surface area contributed by atoms with Crippen LogP contribution in [0, 0.1) is 0 Å². The van der Waals surface area contributed by atoms with Gasteiger partial charge in [-0.25, -0.2) is 0 Å². The van der Waals surface area contributed by atoms with Crippen LogP contribution in [0.4, 0.5) is 13.2 Å². The Kier molecular flexibility index (Phi) is 5.15. The molecule has 0 nitrogen and oxygen atoms in total. The molecule has 0 aliphatic heterocycles. The Labute approximate surface area is 95.0 Å². The molecule has 0 bridgehead atoms. The van der Waals surface area contributed by atoms with E-state index >= 15 is 0 Å². The second-order valence-corrected chi connectivity index (χ2v) is 3.45. The van der Waals surface area contributed by atoms with Gasteiger partial charge in [-0.2, -0.15) is 0 Å². The largest absolute Gasteiger partial charge is 1.00 e. The molecule has 13 heavy (non-hydrogen) atoms. The van der Waals surface area contributed by atoms with Crippen molar-refractivity contribution in [1.29, 1.82) is 0 Å². The van der Waals surface area contributed by atoms with E-state index in [1.807, 2.05) is 0 Å². The van der Waals surface area contributed by atoms with E-state index in [2.05, 4.69) is 0 Å². The summed E-state index contributed by atoms with van der Waals surface area (Å²) in [6.07, 6.45) is -4.20. The third-order valence-corrected chi connectivity index (χ3v) is 2.72. The van der Waals surface area contributed by atoms with Gasteiger partial charge in [-0.3, -0.25) is 0 Å². The third kappa shape index (κ3) is 3.39. The Morgan fingerprint density at radius 3 is 2.08 bits per heavy atom. The van der Waals surface area contributed by atoms with Gasteiger partial charge in [0.05, 0.1) is 0 Å². The van der Waals surface area contributed by atoms with E-state index in [4.69, 9.17) is 0 Å². The van der Waals surface area contributed by atoms with Crippen LogP contribution in [0.15, 0.2) is 24.3 Å². The van der Waals surface area contributed by atoms with Gasteiger partial charge in [-0.05, 0) is 0 Å². The first kappa shape index (κ1) is 13.1. The summed E-state index contributed by atoms with van der Waals surface area (Å²) in [5.41, 5.74) is -0.0822. The van der Waals surface area contributed by atoms with E-state index in [0.717, 1.165) is 24.4 Å². The fraction of sp³-hybridized carbons (Fsp3) is 0.250. The van der Waals surface area contributed by atoms with Crippen LogP contribution >= 0.6 is 0 Å². The molecular weight excluding hydrogens is 298 g/mol. The topological polar surface area (TPSA) is 0 Å². The summed E-state index contributed by atoms with van der Waals surface area (Å²) in [6, 6.07) is 5.72. The minimum atomic E-state index is -4.20. The van der Waals surface area contributed by atoms with Crippen molar-refractivity contribution in [3.05, 3.63) is 35.4 Å². The van der Waals surface area contributed by atoms with E-state index in [9.17, 15) is 13.2 Å². The molecule has 0 aliphatic rings. The van der Waals surface area contributed by atoms with Crippen LogP contribution in [0.5, 0.6) is 0 Å². The molecule has 0 saturated heterocycles. The SMILES string of the molecule is FC(F)(F)c1ccccc1[CH2][Zn+].[Br-]. The molecule has 1 aromatic rings. The molecule has 0 unspecified atom stereocenters. The molecular formula is C8H6BrF3Zn. The van der Waals surface area contributed by atoms with Gasteiger partial charge in [0.2, 0.25) is 0 Å². The van der Waals surface area contributed by atoms with Crippen LogP contribution in [0.2, 0.25) is 0 Å². The zero-order valence-electron chi connectivity index (χ0n) is 6.74. The summed E-state index contributed by atoms with van der Waals surface area (Å²) in [7, 11) is 0. The number of benzene rings is 1. The van der Waals surface area contributed by atoms with Crippen molar-refractivity contribution in [2.24, 2.45) is 0 Å². The molecule has 68 valence electrons. The number of rotatable bonds is 1. The number of hydrogen-bond acceptors (Lipinski definition) is 0. The first-order chi connectivity index (χ1) is 5.55. The average Bonchev–Trinajstić information content (AvgIpc) is 2.03. The van der Waals surface area contributed by atoms with Crippen molar-refractivity contribution in [3.8, 4) is 0 Å². The molecule has 5 heteroatoms. The van der Waals surface area contributed by atoms with Gasteiger partial charge in [0, 0.05) is 0 Å². The predicted molar refractivity (Wildman–Crippen MR) is 35.1 cm³/mol. The molecule has 0 aliphatic carbocycles. The first-order valence-corrected chi connectivity index (χ1v) is 5.60. The molecule has 0 aromatic heterocycles. The molecule has 1 aromatic carbocycles. The maximum absolute atomic E-state index is 12.2. The number of halogens is 4. The van der Waals surface area contributed by atoms with Crippen molar-refractivity contribution in [2.75, 3.05) is 0 Å². The summed E-state index contributed by atoms with van der Waals surface area (Å²) < 4.78 is 36.7. The fourth-order valence-corrected chi connectivity index (χ4v) is 1.93. The standard InChI is InChI=1S/C8H6F3.BrH.Zn/c1-6-4-2-3-5-7(6)8(9,10)11;;/h2-5H,1H2;1H;/q;;+1/p-1. The van der Waals surface area contributed by atoms with Crippen molar-refractivity contribution >= 4 is 0 Å². The summed E-state index contributed by atoms with van der Waals surface area (Å²) >= 11 is 0.854. The molecule has 0 N–H and O–H groups in total. The molecule has 0 atom stereocenters. The van der Waals surface area contributed by atoms with Crippen LogP contribution in [-0.2, 0) is 29.5 Å². The van der Waals surface area contributed by atoms with Crippen LogP contribution < -0.4 is 17.0 Å². The second kappa shape index (κ2) is 5.11. The number of alkyl halides is 3. The van der Waals surface area contributed by atoms with Crippen LogP contribution in [-0.4, -0.2) is 0 Å². The normalized spacial score (nSPS) is 10.8. The molecule has 0 heterocycles. The van der Waals surface area contributed by atoms with Crippen molar-refractivity contribution in [2.45, 2.75) is 11.2 Å². The van der Waals surface area contributed by atoms with E-state index in [1.54, 1.807) is 6.07 Å². The molecule has 0 amide bonds. The van der Waals surface area contributed by atoms with Gasteiger partial charge in [0.1, 0.15) is 0 Å². The minimum Gasteiger partial charge on any atom is -1.00 e. The van der Waals surface area contributed by atoms with E-state index in [1.165, 1.54) is 12.1 Å². The Morgan fingerprint density at radius 2 is 1.69 bits per heavy atom. The smallest absolute Gasteiger partial charge is 1.00 e. The summed E-state index contributed by atoms with van der Waals surface area (Å²) in [6.45, 7) is 0. The Hall–Kier alpha value is 0.113. The monoisotopic (exact) mass is 302 g/mol. The van der Waals surface area contributed by atoms with Gasteiger partial charge in [0.25, 0.3) is 0 Å². The Bertz CT molecular complexity index is 272. The summed E-state index contributed by atoms with van der Waals surface area (Å²) in [4.78, 5) is 0. The van der Waals surface area contributed by atoms with E-state index < -0.39 is 11.7 Å². The van der Waals surface area contributed by atoms with Crippen LogP contribution in [0.1, 0.15) is 11.1 Å². The van der Waals surface area contributed by atoms with E-state index in [-0.39, 0.29) is 17.0 Å². The molecule has 0 saturated carbocycles. The Morgan fingerprint density at radius 1 is 1.15 bits per heavy atom. The molecule has 0 radical (unpaired) electrons. The maximum atomic E-state index is 12.2. The van der Waals surface area contributed by atoms with E-state index in [0.29, 0.717) is 10.6 Å². The fourth-order valence-electron chi connectivity index (χ4n) is 1.01. The van der Waals surface area contributed by atoms with Gasteiger partial charge < -0.3 is 17.0 Å². The quantitative estimate of drug-likeness (QED) is 0.628. The predicted octanol–water partition coefficient (Wildman–Crippen LogP) is -0.244. The van der Waals surface area contributed by atoms with Gasteiger partial charge in [-0.15, -0.1) is 0 Å². The molecule has 0 fully saturated rings. The zero-order valence-corrected chi connectivity index (χ0v) is 11.3. The third-order valence-electron chi connectivity index (χ3n) is 1.59. The minimum absolute atomic E-state index is 0. The maximum Gasteiger partial charge on any atom is -1.00 e. The van der Waals surface area contributed by atoms with Crippen LogP contribution in [0.25, 0.3) is 0 Å². The summed E-state index contributed by atoms with van der Waals surface area (Å²) in [5, 5.41) is 0.537. The second-order valence-electron chi connectivity index (χ2n) is 2.40. The Balaban J connectivity index is 0.00000144. The molecule has 1 rings (SSSR count). The van der Waals surface area contributed by atoms with Crippen molar-refractivity contribution in [3.63, 3.8) is 0 Å². The first-order valence-electron chi connectivity index (χ1n) is 3.50. The van der Waals surface area contributed by atoms with Gasteiger partial charge in [-0.1, -0.05) is 0 Å².